The number of nitrogens with zero attached hydrogens (tertiary/aromatic N) is 3. The number of nitrogens with two attached hydrogens (primary N) is 1. The number of carbonyl (C=O) groups is 1. The van der Waals surface area contributed by atoms with E-state index in [0.717, 1.165) is 11.5 Å². The van der Waals surface area contributed by atoms with E-state index in [4.69, 9.17) is 10.5 Å². The van der Waals surface area contributed by atoms with Gasteiger partial charge in [-0.1, -0.05) is 5.16 Å². The summed E-state index contributed by atoms with van der Waals surface area (Å²) in [6, 6.07) is 0. The van der Waals surface area contributed by atoms with Gasteiger partial charge in [-0.3, -0.25) is 0 Å². The Morgan fingerprint density at radius 1 is 1.67 bits per heavy atom. The van der Waals surface area contributed by atoms with Gasteiger partial charge in [0, 0.05) is 0 Å². The second-order valence-electron chi connectivity index (χ2n) is 3.19. The number of rotatable bonds is 5. The highest BCUT2D eigenvalue weighted by atomic mass is 32.1. The van der Waals surface area contributed by atoms with Crippen LogP contribution in [0.5, 0.6) is 0 Å². The van der Waals surface area contributed by atoms with Crippen molar-refractivity contribution in [1.82, 2.24) is 14.5 Å². The normalized spacial score (nSPS) is 10.3. The summed E-state index contributed by atoms with van der Waals surface area (Å²) in [7, 11) is 0. The molecule has 0 saturated heterocycles. The molecule has 0 aromatic carbocycles. The summed E-state index contributed by atoms with van der Waals surface area (Å²) in [5.41, 5.74) is 5.87. The molecule has 0 aliphatic heterocycles. The second-order valence-corrected chi connectivity index (χ2v) is 3.97. The van der Waals surface area contributed by atoms with Gasteiger partial charge in [0.1, 0.15) is 10.6 Å². The minimum Gasteiger partial charge on any atom is -0.462 e. The Kier molecular flexibility index (Phi) is 3.72. The summed E-state index contributed by atoms with van der Waals surface area (Å²) in [6.07, 6.45) is 1.23. The lowest BCUT2D eigenvalue weighted by Crippen LogP contribution is -2.10. The molecule has 96 valence electrons. The molecule has 8 nitrogen and oxygen atoms in total. The Bertz CT molecular complexity index is 524. The fraction of sp³-hybridized carbons (Fsp3) is 0.333. The van der Waals surface area contributed by atoms with Crippen LogP contribution in [0.1, 0.15) is 23.1 Å². The van der Waals surface area contributed by atoms with Crippen LogP contribution in [0, 0.1) is 0 Å². The third-order valence-electron chi connectivity index (χ3n) is 2.01. The van der Waals surface area contributed by atoms with Gasteiger partial charge in [0.05, 0.1) is 13.2 Å². The molecule has 2 heterocycles. The predicted molar refractivity (Wildman–Crippen MR) is 64.1 cm³/mol. The number of carbonyl (C=O) groups excluding carboxylic acids is 1. The van der Waals surface area contributed by atoms with Gasteiger partial charge in [0.15, 0.2) is 11.6 Å². The van der Waals surface area contributed by atoms with Crippen LogP contribution in [0.4, 0.5) is 10.8 Å². The van der Waals surface area contributed by atoms with Gasteiger partial charge in [-0.25, -0.2) is 4.79 Å². The predicted octanol–water partition coefficient (Wildman–Crippen LogP) is 0.897. The first-order valence-electron chi connectivity index (χ1n) is 5.13. The van der Waals surface area contributed by atoms with Gasteiger partial charge >= 0.3 is 5.97 Å². The minimum atomic E-state index is -0.501. The summed E-state index contributed by atoms with van der Waals surface area (Å²) in [6.45, 7) is 2.31. The highest BCUT2D eigenvalue weighted by Gasteiger charge is 2.20. The van der Waals surface area contributed by atoms with Crippen molar-refractivity contribution in [3.05, 3.63) is 17.8 Å². The molecular weight excluding hydrogens is 258 g/mol. The van der Waals surface area contributed by atoms with E-state index in [0.29, 0.717) is 17.4 Å². The lowest BCUT2D eigenvalue weighted by Gasteiger charge is -2.04. The molecule has 0 spiro atoms. The zero-order valence-electron chi connectivity index (χ0n) is 9.54. The van der Waals surface area contributed by atoms with Crippen molar-refractivity contribution < 1.29 is 14.1 Å². The van der Waals surface area contributed by atoms with Crippen LogP contribution < -0.4 is 11.1 Å². The van der Waals surface area contributed by atoms with E-state index in [1.54, 1.807) is 6.92 Å². The number of nitrogen functional groups attached to an aromatic ring is 1. The molecule has 0 amide bonds. The lowest BCUT2D eigenvalue weighted by atomic mass is 10.3. The standard InChI is InChI=1S/C9H11N5O3S/c1-2-16-9(15)6-7(10)14-18-8(6)11-3-5-12-4-17-13-5/h4,11H,2-3H2,1H3,(H2,10,14). The molecule has 0 atom stereocenters. The molecule has 0 radical (unpaired) electrons. The monoisotopic (exact) mass is 269 g/mol. The van der Waals surface area contributed by atoms with Gasteiger partial charge < -0.3 is 20.3 Å². The van der Waals surface area contributed by atoms with Crippen molar-refractivity contribution in [3.8, 4) is 0 Å². The van der Waals surface area contributed by atoms with Crippen molar-refractivity contribution in [3.63, 3.8) is 0 Å². The molecule has 2 aromatic heterocycles. The summed E-state index contributed by atoms with van der Waals surface area (Å²) in [4.78, 5) is 15.5. The van der Waals surface area contributed by atoms with Crippen LogP contribution in [0.15, 0.2) is 10.9 Å². The number of hydrogen-bond acceptors (Lipinski definition) is 9. The molecule has 2 rings (SSSR count). The van der Waals surface area contributed by atoms with Gasteiger partial charge in [0.2, 0.25) is 6.39 Å². The average molecular weight is 269 g/mol. The number of nitrogens with one attached hydrogen (secondary N) is 1. The molecule has 18 heavy (non-hydrogen) atoms. The molecule has 0 saturated carbocycles. The summed E-state index contributed by atoms with van der Waals surface area (Å²) >= 11 is 1.08. The van der Waals surface area contributed by atoms with Crippen LogP contribution in [-0.4, -0.2) is 27.1 Å². The quantitative estimate of drug-likeness (QED) is 0.769. The van der Waals surface area contributed by atoms with E-state index in [-0.39, 0.29) is 18.0 Å². The Hall–Kier alpha value is -2.16. The van der Waals surface area contributed by atoms with E-state index in [1.807, 2.05) is 0 Å². The largest absolute Gasteiger partial charge is 0.462 e. The maximum Gasteiger partial charge on any atom is 0.344 e. The molecule has 0 bridgehead atoms. The number of hydrogen-bond donors (Lipinski definition) is 2. The fourth-order valence-corrected chi connectivity index (χ4v) is 1.95. The van der Waals surface area contributed by atoms with Crippen LogP contribution in [-0.2, 0) is 11.3 Å². The summed E-state index contributed by atoms with van der Waals surface area (Å²) in [5.74, 6) is 0.116. The maximum absolute atomic E-state index is 11.7. The number of aromatic nitrogens is 3. The molecule has 3 N–H and O–H groups in total. The van der Waals surface area contributed by atoms with E-state index in [9.17, 15) is 4.79 Å². The molecule has 0 unspecified atom stereocenters. The Morgan fingerprint density at radius 3 is 3.17 bits per heavy atom. The average Bonchev–Trinajstić information content (AvgIpc) is 2.96. The fourth-order valence-electron chi connectivity index (χ4n) is 1.25. The van der Waals surface area contributed by atoms with E-state index in [2.05, 4.69) is 24.4 Å². The van der Waals surface area contributed by atoms with E-state index in [1.165, 1.54) is 6.39 Å². The molecule has 2 aromatic rings. The third kappa shape index (κ3) is 2.56. The minimum absolute atomic E-state index is 0.147. The highest BCUT2D eigenvalue weighted by molar-refractivity contribution is 7.11. The number of anilines is 2. The summed E-state index contributed by atoms with van der Waals surface area (Å²) < 4.78 is 13.4. The first kappa shape index (κ1) is 12.3. The van der Waals surface area contributed by atoms with Gasteiger partial charge in [-0.05, 0) is 18.5 Å². The SMILES string of the molecule is CCOC(=O)c1c(N)nsc1NCc1ncon1. The third-order valence-corrected chi connectivity index (χ3v) is 2.83. The topological polar surface area (TPSA) is 116 Å². The Balaban J connectivity index is 2.10. The Morgan fingerprint density at radius 2 is 2.50 bits per heavy atom. The summed E-state index contributed by atoms with van der Waals surface area (Å²) in [5, 5.41) is 7.13. The van der Waals surface area contributed by atoms with Crippen molar-refractivity contribution >= 4 is 28.3 Å². The van der Waals surface area contributed by atoms with Crippen LogP contribution in [0.2, 0.25) is 0 Å². The Labute approximate surface area is 106 Å². The lowest BCUT2D eigenvalue weighted by molar-refractivity contribution is 0.0529. The highest BCUT2D eigenvalue weighted by Crippen LogP contribution is 2.27. The van der Waals surface area contributed by atoms with Crippen molar-refractivity contribution in [2.75, 3.05) is 17.7 Å². The second kappa shape index (κ2) is 5.45. The van der Waals surface area contributed by atoms with E-state index >= 15 is 0 Å². The first-order valence-corrected chi connectivity index (χ1v) is 5.91. The van der Waals surface area contributed by atoms with Crippen molar-refractivity contribution in [1.29, 1.82) is 0 Å². The molecule has 0 aliphatic carbocycles. The zero-order chi connectivity index (χ0) is 13.0. The van der Waals surface area contributed by atoms with Crippen molar-refractivity contribution in [2.45, 2.75) is 13.5 Å². The first-order chi connectivity index (χ1) is 8.72. The zero-order valence-corrected chi connectivity index (χ0v) is 10.4. The van der Waals surface area contributed by atoms with Gasteiger partial charge in [0.25, 0.3) is 0 Å². The number of ether oxygens (including phenoxy) is 1. The van der Waals surface area contributed by atoms with Gasteiger partial charge in [-0.15, -0.1) is 0 Å². The van der Waals surface area contributed by atoms with Crippen LogP contribution >= 0.6 is 11.5 Å². The van der Waals surface area contributed by atoms with E-state index < -0.39 is 5.97 Å². The molecule has 9 heteroatoms. The smallest absolute Gasteiger partial charge is 0.344 e. The van der Waals surface area contributed by atoms with Crippen LogP contribution in [0.25, 0.3) is 0 Å². The molecule has 0 fully saturated rings. The molecule has 0 aliphatic rings. The van der Waals surface area contributed by atoms with Gasteiger partial charge in [-0.2, -0.15) is 9.36 Å². The maximum atomic E-state index is 11.7. The van der Waals surface area contributed by atoms with Crippen LogP contribution in [0.3, 0.4) is 0 Å². The molecular formula is C9H11N5O3S. The van der Waals surface area contributed by atoms with Crippen molar-refractivity contribution in [2.24, 2.45) is 0 Å². The number of esters is 1.